The van der Waals surface area contributed by atoms with Gasteiger partial charge in [-0.3, -0.25) is 4.79 Å². The summed E-state index contributed by atoms with van der Waals surface area (Å²) in [4.78, 5) is 23.5. The zero-order valence-electron chi connectivity index (χ0n) is 13.9. The average Bonchev–Trinajstić information content (AvgIpc) is 2.81. The van der Waals surface area contributed by atoms with Crippen LogP contribution in [0.5, 0.6) is 0 Å². The number of carbonyl (C=O) groups excluding carboxylic acids is 2. The Balaban J connectivity index is 2.16. The lowest BCUT2D eigenvalue weighted by molar-refractivity contribution is -0.190. The van der Waals surface area contributed by atoms with E-state index in [-0.39, 0.29) is 12.0 Å². The maximum absolute atomic E-state index is 12.0. The maximum Gasteiger partial charge on any atom is 0.334 e. The molecule has 0 aromatic heterocycles. The van der Waals surface area contributed by atoms with E-state index in [0.717, 1.165) is 0 Å². The van der Waals surface area contributed by atoms with Gasteiger partial charge >= 0.3 is 11.9 Å². The summed E-state index contributed by atoms with van der Waals surface area (Å²) in [5.74, 6) is -3.01. The second-order valence-corrected chi connectivity index (χ2v) is 7.41. The molecule has 0 amide bonds. The van der Waals surface area contributed by atoms with E-state index in [1.54, 1.807) is 0 Å². The summed E-state index contributed by atoms with van der Waals surface area (Å²) in [6.07, 6.45) is 0.722. The third-order valence-corrected chi connectivity index (χ3v) is 5.55. The first-order valence-electron chi connectivity index (χ1n) is 7.85. The largest absolute Gasteiger partial charge is 0.462 e. The molecule has 2 aliphatic carbocycles. The Morgan fingerprint density at radius 1 is 1.33 bits per heavy atom. The van der Waals surface area contributed by atoms with Crippen LogP contribution >= 0.6 is 0 Å². The van der Waals surface area contributed by atoms with Crippen molar-refractivity contribution in [2.24, 2.45) is 11.8 Å². The number of hydrogen-bond donors (Lipinski definition) is 3. The molecule has 1 aliphatic heterocycles. The first kappa shape index (κ1) is 17.1. The van der Waals surface area contributed by atoms with Gasteiger partial charge in [-0.15, -0.1) is 0 Å². The van der Waals surface area contributed by atoms with Gasteiger partial charge in [-0.2, -0.15) is 0 Å². The molecule has 0 aromatic carbocycles. The summed E-state index contributed by atoms with van der Waals surface area (Å²) in [6.45, 7) is 7.83. The molecule has 7 heteroatoms. The molecule has 1 heterocycles. The van der Waals surface area contributed by atoms with Crippen LogP contribution in [0.25, 0.3) is 0 Å². The van der Waals surface area contributed by atoms with Gasteiger partial charge in [0.05, 0.1) is 23.0 Å². The van der Waals surface area contributed by atoms with Crippen molar-refractivity contribution in [1.29, 1.82) is 0 Å². The predicted octanol–water partition coefficient (Wildman–Crippen LogP) is -0.161. The highest BCUT2D eigenvalue weighted by molar-refractivity contribution is 5.91. The highest BCUT2D eigenvalue weighted by Crippen LogP contribution is 2.55. The van der Waals surface area contributed by atoms with Gasteiger partial charge in [-0.05, 0) is 13.8 Å². The highest BCUT2D eigenvalue weighted by atomic mass is 16.6. The fourth-order valence-electron chi connectivity index (χ4n) is 4.37. The summed E-state index contributed by atoms with van der Waals surface area (Å²) in [6, 6.07) is 0. The predicted molar refractivity (Wildman–Crippen MR) is 81.5 cm³/mol. The summed E-state index contributed by atoms with van der Waals surface area (Å²) in [5, 5.41) is 32.8. The van der Waals surface area contributed by atoms with Gasteiger partial charge in [0.25, 0.3) is 0 Å². The van der Waals surface area contributed by atoms with Gasteiger partial charge in [0.15, 0.2) is 0 Å². The van der Waals surface area contributed by atoms with Crippen molar-refractivity contribution in [2.75, 3.05) is 0 Å². The van der Waals surface area contributed by atoms with E-state index >= 15 is 0 Å². The molecular weight excluding hydrogens is 316 g/mol. The number of rotatable bonds is 1. The number of aliphatic hydroxyl groups is 3. The number of hydrogen-bond acceptors (Lipinski definition) is 7. The number of ether oxygens (including phenoxy) is 2. The van der Waals surface area contributed by atoms with Gasteiger partial charge in [0.1, 0.15) is 17.8 Å². The fraction of sp³-hybridized carbons (Fsp3) is 0.647. The Bertz CT molecular complexity index is 647. The van der Waals surface area contributed by atoms with Gasteiger partial charge < -0.3 is 24.8 Å². The van der Waals surface area contributed by atoms with Crippen LogP contribution in [-0.2, 0) is 19.1 Å². The minimum atomic E-state index is -1.85. The van der Waals surface area contributed by atoms with E-state index < -0.39 is 52.8 Å². The van der Waals surface area contributed by atoms with Crippen LogP contribution in [0.15, 0.2) is 24.3 Å². The summed E-state index contributed by atoms with van der Waals surface area (Å²) in [5.41, 5.74) is -4.98. The van der Waals surface area contributed by atoms with E-state index in [0.29, 0.717) is 0 Å². The molecule has 0 aromatic rings. The topological polar surface area (TPSA) is 113 Å². The van der Waals surface area contributed by atoms with Crippen molar-refractivity contribution < 1.29 is 34.4 Å². The smallest absolute Gasteiger partial charge is 0.334 e. The molecule has 132 valence electrons. The number of esters is 2. The van der Waals surface area contributed by atoms with Crippen LogP contribution in [-0.4, -0.2) is 56.3 Å². The summed E-state index contributed by atoms with van der Waals surface area (Å²) >= 11 is 0. The van der Waals surface area contributed by atoms with Gasteiger partial charge in [-0.1, -0.05) is 18.7 Å². The maximum atomic E-state index is 12.0. The van der Waals surface area contributed by atoms with E-state index in [9.17, 15) is 24.9 Å². The molecule has 1 saturated carbocycles. The zero-order chi connectivity index (χ0) is 18.1. The van der Waals surface area contributed by atoms with Gasteiger partial charge in [-0.25, -0.2) is 4.79 Å². The van der Waals surface area contributed by atoms with Gasteiger partial charge in [0, 0.05) is 18.9 Å². The quantitative estimate of drug-likeness (QED) is 0.346. The van der Waals surface area contributed by atoms with Crippen LogP contribution in [0.4, 0.5) is 0 Å². The molecule has 0 radical (unpaired) electrons. The van der Waals surface area contributed by atoms with E-state index in [1.165, 1.54) is 32.9 Å². The lowest BCUT2D eigenvalue weighted by Crippen LogP contribution is -2.60. The molecule has 7 atom stereocenters. The van der Waals surface area contributed by atoms with Crippen molar-refractivity contribution >= 4 is 11.9 Å². The normalized spacial score (nSPS) is 50.1. The molecule has 2 fully saturated rings. The minimum absolute atomic E-state index is 0.106. The lowest BCUT2D eigenvalue weighted by Gasteiger charge is -2.44. The van der Waals surface area contributed by atoms with Crippen molar-refractivity contribution in [3.05, 3.63) is 24.3 Å². The molecule has 0 unspecified atom stereocenters. The van der Waals surface area contributed by atoms with Crippen molar-refractivity contribution in [1.82, 2.24) is 0 Å². The number of fused-ring (bicyclic) bond motifs is 3. The Hall–Kier alpha value is -1.70. The summed E-state index contributed by atoms with van der Waals surface area (Å²) in [7, 11) is 0. The molecule has 24 heavy (non-hydrogen) atoms. The minimum Gasteiger partial charge on any atom is -0.462 e. The number of carbonyl (C=O) groups is 2. The second-order valence-electron chi connectivity index (χ2n) is 7.41. The van der Waals surface area contributed by atoms with Crippen LogP contribution in [0, 0.1) is 11.8 Å². The second kappa shape index (κ2) is 4.91. The monoisotopic (exact) mass is 338 g/mol. The zero-order valence-corrected chi connectivity index (χ0v) is 13.9. The van der Waals surface area contributed by atoms with E-state index in [4.69, 9.17) is 9.47 Å². The molecule has 1 saturated heterocycles. The molecule has 0 bridgehead atoms. The van der Waals surface area contributed by atoms with Gasteiger partial charge in [0.2, 0.25) is 0 Å². The Morgan fingerprint density at radius 2 is 1.96 bits per heavy atom. The molecule has 0 spiro atoms. The molecule has 3 N–H and O–H groups in total. The van der Waals surface area contributed by atoms with Crippen LogP contribution in [0.2, 0.25) is 0 Å². The molecular formula is C17H22O7. The Labute approximate surface area is 139 Å². The average molecular weight is 338 g/mol. The van der Waals surface area contributed by atoms with Crippen LogP contribution in [0.1, 0.15) is 27.2 Å². The Morgan fingerprint density at radius 3 is 2.54 bits per heavy atom. The fourth-order valence-corrected chi connectivity index (χ4v) is 4.37. The lowest BCUT2D eigenvalue weighted by atomic mass is 9.70. The van der Waals surface area contributed by atoms with Crippen molar-refractivity contribution in [2.45, 2.75) is 56.2 Å². The van der Waals surface area contributed by atoms with Crippen molar-refractivity contribution in [3.8, 4) is 0 Å². The SMILES string of the molecule is C=C1C(=O)O[C@@H]2[C@H]1[C@@H](OC(C)=O)C[C@@](C)(O)[C@]1(O)C=C[C@](C)(O)[C@H]21. The van der Waals surface area contributed by atoms with E-state index in [2.05, 4.69) is 6.58 Å². The first-order chi connectivity index (χ1) is 10.9. The summed E-state index contributed by atoms with van der Waals surface area (Å²) < 4.78 is 10.7. The van der Waals surface area contributed by atoms with Crippen molar-refractivity contribution in [3.63, 3.8) is 0 Å². The van der Waals surface area contributed by atoms with E-state index in [1.807, 2.05) is 0 Å². The third-order valence-electron chi connectivity index (χ3n) is 5.55. The molecule has 3 rings (SSSR count). The third kappa shape index (κ3) is 2.15. The molecule has 3 aliphatic rings. The van der Waals surface area contributed by atoms with Crippen LogP contribution in [0.3, 0.4) is 0 Å². The van der Waals surface area contributed by atoms with Crippen LogP contribution < -0.4 is 0 Å². The standard InChI is InChI=1S/C17H22O7/c1-8-11-10(23-9(2)18)7-16(4,21)17(22)6-5-15(3,20)13(17)12(11)24-14(8)19/h5-6,10-13,20-22H,1,7H2,2-4H3/t10-,11+,12+,13-,15-,16+,17-/m0/s1. The first-order valence-corrected chi connectivity index (χ1v) is 7.85. The molecule has 7 nitrogen and oxygen atoms in total. The Kier molecular flexibility index (Phi) is 3.50. The highest BCUT2D eigenvalue weighted by Gasteiger charge is 2.68.